The fourth-order valence-corrected chi connectivity index (χ4v) is 2.74. The van der Waals surface area contributed by atoms with E-state index in [1.165, 1.54) is 18.3 Å². The number of carbonyl (C=O) groups is 1. The molecule has 0 aromatic carbocycles. The van der Waals surface area contributed by atoms with Gasteiger partial charge in [-0.3, -0.25) is 4.79 Å². The van der Waals surface area contributed by atoms with Gasteiger partial charge in [0, 0.05) is 19.3 Å². The van der Waals surface area contributed by atoms with Crippen LogP contribution in [-0.4, -0.2) is 40.5 Å². The molecule has 9 heteroatoms. The summed E-state index contributed by atoms with van der Waals surface area (Å²) in [5, 5.41) is 5.77. The highest BCUT2D eigenvalue weighted by Crippen LogP contribution is 2.27. The molecule has 1 aliphatic heterocycles. The number of hydrogen-bond acceptors (Lipinski definition) is 7. The van der Waals surface area contributed by atoms with Crippen LogP contribution in [0.1, 0.15) is 5.56 Å². The number of pyridine rings is 2. The molecule has 1 saturated heterocycles. The monoisotopic (exact) mass is 368 g/mol. The number of nitrogens with one attached hydrogen (secondary N) is 2. The van der Waals surface area contributed by atoms with Crippen LogP contribution in [0.5, 0.6) is 0 Å². The third-order valence-electron chi connectivity index (χ3n) is 4.05. The van der Waals surface area contributed by atoms with E-state index in [0.717, 1.165) is 5.56 Å². The van der Waals surface area contributed by atoms with E-state index >= 15 is 0 Å². The number of amides is 1. The zero-order valence-electron chi connectivity index (χ0n) is 14.6. The van der Waals surface area contributed by atoms with Crippen molar-refractivity contribution >= 4 is 23.6 Å². The van der Waals surface area contributed by atoms with Crippen LogP contribution < -0.4 is 15.5 Å². The average Bonchev–Trinajstić information content (AvgIpc) is 3.13. The number of nitrogens with zero attached hydrogens (tertiary/aromatic N) is 4. The molecule has 0 saturated carbocycles. The summed E-state index contributed by atoms with van der Waals surface area (Å²) < 4.78 is 20.0. The lowest BCUT2D eigenvalue weighted by Crippen LogP contribution is -2.47. The molecule has 1 fully saturated rings. The highest BCUT2D eigenvalue weighted by Gasteiger charge is 2.22. The Kier molecular flexibility index (Phi) is 4.41. The third-order valence-corrected chi connectivity index (χ3v) is 4.05. The van der Waals surface area contributed by atoms with Crippen molar-refractivity contribution < 1.29 is 13.6 Å². The van der Waals surface area contributed by atoms with Gasteiger partial charge in [-0.15, -0.1) is 0 Å². The molecule has 4 heterocycles. The molecular weight excluding hydrogens is 351 g/mol. The molecule has 0 atom stereocenters. The van der Waals surface area contributed by atoms with Gasteiger partial charge in [0.15, 0.2) is 11.6 Å². The summed E-state index contributed by atoms with van der Waals surface area (Å²) in [5.41, 5.74) is 1.08. The Bertz CT molecular complexity index is 989. The molecule has 8 nitrogen and oxygen atoms in total. The van der Waals surface area contributed by atoms with Gasteiger partial charge in [-0.05, 0) is 36.8 Å². The fourth-order valence-electron chi connectivity index (χ4n) is 2.74. The van der Waals surface area contributed by atoms with Crippen molar-refractivity contribution in [1.29, 1.82) is 0 Å². The Morgan fingerprint density at radius 2 is 2.15 bits per heavy atom. The second-order valence-corrected chi connectivity index (χ2v) is 6.15. The molecule has 3 aromatic rings. The number of oxazole rings is 1. The topological polar surface area (TPSA) is 96.2 Å². The Morgan fingerprint density at radius 1 is 1.26 bits per heavy atom. The lowest BCUT2D eigenvalue weighted by atomic mass is 10.3. The predicted molar refractivity (Wildman–Crippen MR) is 97.2 cm³/mol. The second kappa shape index (κ2) is 7.02. The van der Waals surface area contributed by atoms with Crippen LogP contribution in [-0.2, 0) is 4.79 Å². The number of aromatic nitrogens is 3. The smallest absolute Gasteiger partial charge is 0.298 e. The average molecular weight is 368 g/mol. The molecule has 2 N–H and O–H groups in total. The summed E-state index contributed by atoms with van der Waals surface area (Å²) in [7, 11) is 0. The third kappa shape index (κ3) is 3.71. The van der Waals surface area contributed by atoms with Gasteiger partial charge in [0.25, 0.3) is 6.01 Å². The number of piperazine rings is 1. The van der Waals surface area contributed by atoms with Crippen molar-refractivity contribution in [3.63, 3.8) is 0 Å². The molecular formula is C18H17FN6O2. The highest BCUT2D eigenvalue weighted by atomic mass is 19.1. The van der Waals surface area contributed by atoms with E-state index in [0.29, 0.717) is 24.7 Å². The number of anilines is 3. The van der Waals surface area contributed by atoms with Gasteiger partial charge in [0.2, 0.25) is 5.91 Å². The zero-order chi connectivity index (χ0) is 18.8. The maximum absolute atomic E-state index is 14.3. The maximum Gasteiger partial charge on any atom is 0.298 e. The van der Waals surface area contributed by atoms with Gasteiger partial charge in [0.05, 0.1) is 6.20 Å². The van der Waals surface area contributed by atoms with Crippen LogP contribution in [0.3, 0.4) is 0 Å². The van der Waals surface area contributed by atoms with E-state index in [2.05, 4.69) is 25.6 Å². The van der Waals surface area contributed by atoms with Gasteiger partial charge >= 0.3 is 0 Å². The van der Waals surface area contributed by atoms with E-state index in [4.69, 9.17) is 4.42 Å². The van der Waals surface area contributed by atoms with Gasteiger partial charge < -0.3 is 20.0 Å². The summed E-state index contributed by atoms with van der Waals surface area (Å²) in [6.45, 7) is 3.18. The number of carbonyl (C=O) groups excluding carboxylic acids is 1. The van der Waals surface area contributed by atoms with Crippen LogP contribution in [0.15, 0.2) is 41.1 Å². The van der Waals surface area contributed by atoms with Crippen molar-refractivity contribution in [2.45, 2.75) is 6.92 Å². The Morgan fingerprint density at radius 3 is 2.96 bits per heavy atom. The number of hydrogen-bond donors (Lipinski definition) is 2. The minimum Gasteiger partial charge on any atom is -0.422 e. The van der Waals surface area contributed by atoms with E-state index < -0.39 is 5.82 Å². The van der Waals surface area contributed by atoms with E-state index in [9.17, 15) is 9.18 Å². The quantitative estimate of drug-likeness (QED) is 0.729. The van der Waals surface area contributed by atoms with Gasteiger partial charge in [-0.25, -0.2) is 19.3 Å². The Labute approximate surface area is 154 Å². The Balaban J connectivity index is 1.59. The first-order valence-corrected chi connectivity index (χ1v) is 8.42. The normalized spacial score (nSPS) is 14.1. The van der Waals surface area contributed by atoms with Crippen LogP contribution in [0.25, 0.3) is 11.5 Å². The van der Waals surface area contributed by atoms with Crippen molar-refractivity contribution in [3.8, 4) is 11.5 Å². The minimum absolute atomic E-state index is 0.0351. The molecule has 0 bridgehead atoms. The molecule has 1 aliphatic rings. The zero-order valence-corrected chi connectivity index (χ0v) is 14.6. The molecule has 4 rings (SSSR count). The first-order valence-electron chi connectivity index (χ1n) is 8.42. The van der Waals surface area contributed by atoms with E-state index in [1.54, 1.807) is 11.1 Å². The van der Waals surface area contributed by atoms with Crippen molar-refractivity contribution in [2.24, 2.45) is 0 Å². The SMILES string of the molecule is Cc1ccnc(Nc2ccc(F)c(-c3cnc(N4CCNC(=O)C4)o3)n2)c1. The summed E-state index contributed by atoms with van der Waals surface area (Å²) in [4.78, 5) is 25.9. The summed E-state index contributed by atoms with van der Waals surface area (Å²) in [5.74, 6) is 0.589. The molecule has 0 aliphatic carbocycles. The van der Waals surface area contributed by atoms with Gasteiger partial charge in [0.1, 0.15) is 23.9 Å². The molecule has 0 unspecified atom stereocenters. The van der Waals surface area contributed by atoms with Crippen LogP contribution in [0.4, 0.5) is 22.0 Å². The first-order chi connectivity index (χ1) is 13.1. The highest BCUT2D eigenvalue weighted by molar-refractivity contribution is 5.81. The van der Waals surface area contributed by atoms with E-state index in [1.807, 2.05) is 19.1 Å². The molecule has 1 amide bonds. The van der Waals surface area contributed by atoms with Crippen molar-refractivity contribution in [3.05, 3.63) is 48.0 Å². The number of halogens is 1. The molecule has 3 aromatic heterocycles. The largest absolute Gasteiger partial charge is 0.422 e. The fraction of sp³-hybridized carbons (Fsp3) is 0.222. The lowest BCUT2D eigenvalue weighted by molar-refractivity contribution is -0.120. The van der Waals surface area contributed by atoms with Crippen LogP contribution in [0.2, 0.25) is 0 Å². The Hall–Kier alpha value is -3.49. The predicted octanol–water partition coefficient (Wildman–Crippen LogP) is 2.26. The maximum atomic E-state index is 14.3. The molecule has 0 spiro atoms. The first kappa shape index (κ1) is 17.0. The van der Waals surface area contributed by atoms with Gasteiger partial charge in [-0.2, -0.15) is 0 Å². The second-order valence-electron chi connectivity index (χ2n) is 6.15. The van der Waals surface area contributed by atoms with Gasteiger partial charge in [-0.1, -0.05) is 0 Å². The van der Waals surface area contributed by atoms with Crippen molar-refractivity contribution in [1.82, 2.24) is 20.3 Å². The van der Waals surface area contributed by atoms with Crippen LogP contribution >= 0.6 is 0 Å². The molecule has 27 heavy (non-hydrogen) atoms. The van der Waals surface area contributed by atoms with E-state index in [-0.39, 0.29) is 29.9 Å². The van der Waals surface area contributed by atoms with Crippen LogP contribution in [0, 0.1) is 12.7 Å². The lowest BCUT2D eigenvalue weighted by Gasteiger charge is -2.24. The number of rotatable bonds is 4. The van der Waals surface area contributed by atoms with Crippen molar-refractivity contribution in [2.75, 3.05) is 29.9 Å². The summed E-state index contributed by atoms with van der Waals surface area (Å²) in [6.07, 6.45) is 3.08. The molecule has 138 valence electrons. The standard InChI is InChI=1S/C18H17FN6O2/c1-11-4-5-20-15(8-11)23-14-3-2-12(19)17(24-14)13-9-22-18(27-13)25-7-6-21-16(26)10-25/h2-5,8-9H,6-7,10H2,1H3,(H,21,26)(H,20,23,24). The summed E-state index contributed by atoms with van der Waals surface area (Å²) in [6, 6.07) is 6.83. The molecule has 0 radical (unpaired) electrons. The number of aryl methyl sites for hydroxylation is 1. The minimum atomic E-state index is -0.531. The summed E-state index contributed by atoms with van der Waals surface area (Å²) >= 11 is 0.